The smallest absolute Gasteiger partial charge is 0.315 e. The van der Waals surface area contributed by atoms with Gasteiger partial charge in [0.1, 0.15) is 0 Å². The first-order valence-corrected chi connectivity index (χ1v) is 9.60. The number of urea groups is 1. The van der Waals surface area contributed by atoms with Gasteiger partial charge >= 0.3 is 6.03 Å². The van der Waals surface area contributed by atoms with Crippen molar-refractivity contribution in [2.75, 3.05) is 13.1 Å². The number of hydrogen-bond acceptors (Lipinski definition) is 2. The zero-order chi connectivity index (χ0) is 18.4. The lowest BCUT2D eigenvalue weighted by atomic mass is 10.0. The van der Waals surface area contributed by atoms with Crippen molar-refractivity contribution in [2.24, 2.45) is 0 Å². The van der Waals surface area contributed by atoms with Crippen LogP contribution in [-0.2, 0) is 13.1 Å². The van der Waals surface area contributed by atoms with Crippen molar-refractivity contribution in [3.8, 4) is 0 Å². The summed E-state index contributed by atoms with van der Waals surface area (Å²) >= 11 is 12.0. The van der Waals surface area contributed by atoms with Gasteiger partial charge in [0.25, 0.3) is 0 Å². The van der Waals surface area contributed by atoms with E-state index < -0.39 is 0 Å². The van der Waals surface area contributed by atoms with Crippen molar-refractivity contribution in [1.29, 1.82) is 0 Å². The second-order valence-corrected chi connectivity index (χ2v) is 7.44. The van der Waals surface area contributed by atoms with E-state index >= 15 is 0 Å². The molecule has 2 amide bonds. The van der Waals surface area contributed by atoms with Gasteiger partial charge in [-0.25, -0.2) is 4.79 Å². The quantitative estimate of drug-likeness (QED) is 0.789. The molecule has 0 unspecified atom stereocenters. The first kappa shape index (κ1) is 19.0. The molecule has 138 valence electrons. The van der Waals surface area contributed by atoms with Gasteiger partial charge in [0.05, 0.1) is 0 Å². The number of rotatable bonds is 5. The molecule has 1 heterocycles. The average molecular weight is 392 g/mol. The van der Waals surface area contributed by atoms with Crippen LogP contribution in [0.2, 0.25) is 10.0 Å². The molecule has 3 rings (SSSR count). The number of hydrogen-bond donors (Lipinski definition) is 2. The van der Waals surface area contributed by atoms with E-state index in [0.29, 0.717) is 16.6 Å². The minimum Gasteiger partial charge on any atom is -0.335 e. The molecule has 26 heavy (non-hydrogen) atoms. The van der Waals surface area contributed by atoms with Crippen LogP contribution in [0.3, 0.4) is 0 Å². The number of amides is 2. The number of benzene rings is 2. The Hall–Kier alpha value is -1.75. The van der Waals surface area contributed by atoms with Crippen LogP contribution in [0.25, 0.3) is 0 Å². The fraction of sp³-hybridized carbons (Fsp3) is 0.350. The summed E-state index contributed by atoms with van der Waals surface area (Å²) in [4.78, 5) is 14.6. The Labute approximate surface area is 164 Å². The molecule has 0 spiro atoms. The standard InChI is InChI=1S/C20H23Cl2N3O/c21-17-7-6-16(19(22)12-17)13-23-20(26)24-18-8-10-25(11-9-18)14-15-4-2-1-3-5-15/h1-7,12,18H,8-11,13-14H2,(H2,23,24,26). The van der Waals surface area contributed by atoms with E-state index in [-0.39, 0.29) is 12.1 Å². The van der Waals surface area contributed by atoms with E-state index in [1.807, 2.05) is 12.1 Å². The fourth-order valence-electron chi connectivity index (χ4n) is 3.15. The fourth-order valence-corrected chi connectivity index (χ4v) is 3.63. The third kappa shape index (κ3) is 5.63. The van der Waals surface area contributed by atoms with Gasteiger partial charge in [-0.3, -0.25) is 4.90 Å². The summed E-state index contributed by atoms with van der Waals surface area (Å²) < 4.78 is 0. The lowest BCUT2D eigenvalue weighted by molar-refractivity contribution is 0.186. The lowest BCUT2D eigenvalue weighted by Crippen LogP contribution is -2.47. The van der Waals surface area contributed by atoms with E-state index in [1.165, 1.54) is 5.56 Å². The van der Waals surface area contributed by atoms with Crippen molar-refractivity contribution in [2.45, 2.75) is 32.0 Å². The maximum atomic E-state index is 12.1. The molecule has 2 aromatic rings. The van der Waals surface area contributed by atoms with Gasteiger partial charge in [0.15, 0.2) is 0 Å². The zero-order valence-electron chi connectivity index (χ0n) is 14.6. The molecule has 0 saturated carbocycles. The summed E-state index contributed by atoms with van der Waals surface area (Å²) in [6, 6.07) is 15.8. The number of nitrogens with zero attached hydrogens (tertiary/aromatic N) is 1. The molecule has 1 fully saturated rings. The number of piperidine rings is 1. The van der Waals surface area contributed by atoms with Gasteiger partial charge in [0.2, 0.25) is 0 Å². The van der Waals surface area contributed by atoms with Crippen molar-refractivity contribution >= 4 is 29.2 Å². The third-order valence-electron chi connectivity index (χ3n) is 4.63. The zero-order valence-corrected chi connectivity index (χ0v) is 16.1. The second-order valence-electron chi connectivity index (χ2n) is 6.60. The summed E-state index contributed by atoms with van der Waals surface area (Å²) in [5.74, 6) is 0. The third-order valence-corrected chi connectivity index (χ3v) is 5.21. The molecule has 4 nitrogen and oxygen atoms in total. The average Bonchev–Trinajstić information content (AvgIpc) is 2.63. The number of carbonyl (C=O) groups excluding carboxylic acids is 1. The Kier molecular flexibility index (Phi) is 6.78. The van der Waals surface area contributed by atoms with Crippen LogP contribution in [0.4, 0.5) is 4.79 Å². The van der Waals surface area contributed by atoms with Gasteiger partial charge in [-0.15, -0.1) is 0 Å². The Morgan fingerprint density at radius 2 is 1.81 bits per heavy atom. The Bertz CT molecular complexity index is 731. The highest BCUT2D eigenvalue weighted by molar-refractivity contribution is 6.35. The van der Waals surface area contributed by atoms with Crippen LogP contribution >= 0.6 is 23.2 Å². The van der Waals surface area contributed by atoms with Crippen LogP contribution in [-0.4, -0.2) is 30.1 Å². The highest BCUT2D eigenvalue weighted by atomic mass is 35.5. The summed E-state index contributed by atoms with van der Waals surface area (Å²) in [5, 5.41) is 7.08. The van der Waals surface area contributed by atoms with Crippen LogP contribution < -0.4 is 10.6 Å². The predicted molar refractivity (Wildman–Crippen MR) is 107 cm³/mol. The molecule has 6 heteroatoms. The van der Waals surface area contributed by atoms with Gasteiger partial charge in [-0.05, 0) is 36.1 Å². The maximum Gasteiger partial charge on any atom is 0.315 e. The van der Waals surface area contributed by atoms with Gasteiger partial charge in [0, 0.05) is 42.3 Å². The van der Waals surface area contributed by atoms with Crippen molar-refractivity contribution in [1.82, 2.24) is 15.5 Å². The number of carbonyl (C=O) groups is 1. The van der Waals surface area contributed by atoms with Crippen LogP contribution in [0.5, 0.6) is 0 Å². The molecule has 1 aliphatic heterocycles. The number of likely N-dealkylation sites (tertiary alicyclic amines) is 1. The maximum absolute atomic E-state index is 12.1. The highest BCUT2D eigenvalue weighted by Crippen LogP contribution is 2.20. The molecule has 2 aromatic carbocycles. The molecule has 0 radical (unpaired) electrons. The van der Waals surface area contributed by atoms with Gasteiger partial charge < -0.3 is 10.6 Å². The van der Waals surface area contributed by atoms with E-state index in [2.05, 4.69) is 39.8 Å². The molecular weight excluding hydrogens is 369 g/mol. The van der Waals surface area contributed by atoms with Crippen molar-refractivity contribution < 1.29 is 4.79 Å². The molecule has 0 aromatic heterocycles. The van der Waals surface area contributed by atoms with Gasteiger partial charge in [-0.2, -0.15) is 0 Å². The van der Waals surface area contributed by atoms with Gasteiger partial charge in [-0.1, -0.05) is 59.6 Å². The molecular formula is C20H23Cl2N3O. The molecule has 1 aliphatic rings. The SMILES string of the molecule is O=C(NCc1ccc(Cl)cc1Cl)NC1CCN(Cc2ccccc2)CC1. The minimum absolute atomic E-state index is 0.155. The summed E-state index contributed by atoms with van der Waals surface area (Å²) in [5.41, 5.74) is 2.18. The van der Waals surface area contributed by atoms with Crippen molar-refractivity contribution in [3.05, 3.63) is 69.7 Å². The molecule has 0 bridgehead atoms. The van der Waals surface area contributed by atoms with Crippen molar-refractivity contribution in [3.63, 3.8) is 0 Å². The second kappa shape index (κ2) is 9.26. The van der Waals surface area contributed by atoms with Crippen LogP contribution in [0, 0.1) is 0 Å². The first-order chi connectivity index (χ1) is 12.6. The van der Waals surface area contributed by atoms with E-state index in [9.17, 15) is 4.79 Å². The molecule has 0 atom stereocenters. The Morgan fingerprint density at radius 1 is 1.08 bits per heavy atom. The highest BCUT2D eigenvalue weighted by Gasteiger charge is 2.20. The predicted octanol–water partition coefficient (Wildman–Crippen LogP) is 4.46. The summed E-state index contributed by atoms with van der Waals surface area (Å²) in [6.07, 6.45) is 1.92. The minimum atomic E-state index is -0.155. The van der Waals surface area contributed by atoms with E-state index in [1.54, 1.807) is 12.1 Å². The van der Waals surface area contributed by atoms with E-state index in [0.717, 1.165) is 38.0 Å². The number of nitrogens with one attached hydrogen (secondary N) is 2. The number of halogens is 2. The van der Waals surface area contributed by atoms with Crippen LogP contribution in [0.15, 0.2) is 48.5 Å². The van der Waals surface area contributed by atoms with E-state index in [4.69, 9.17) is 23.2 Å². The normalized spacial score (nSPS) is 15.6. The monoisotopic (exact) mass is 391 g/mol. The molecule has 0 aliphatic carbocycles. The summed E-state index contributed by atoms with van der Waals surface area (Å²) in [6.45, 7) is 3.33. The Balaban J connectivity index is 1.39. The van der Waals surface area contributed by atoms with Crippen LogP contribution in [0.1, 0.15) is 24.0 Å². The molecule has 2 N–H and O–H groups in total. The molecule has 1 saturated heterocycles. The Morgan fingerprint density at radius 3 is 2.50 bits per heavy atom. The lowest BCUT2D eigenvalue weighted by Gasteiger charge is -2.32. The largest absolute Gasteiger partial charge is 0.335 e. The topological polar surface area (TPSA) is 44.4 Å². The summed E-state index contributed by atoms with van der Waals surface area (Å²) in [7, 11) is 0. The first-order valence-electron chi connectivity index (χ1n) is 8.85.